The molecule has 11 saturated heterocycles. The number of aliphatic hydroxyl groups excluding tert-OH is 4. The van der Waals surface area contributed by atoms with Gasteiger partial charge in [0.25, 0.3) is 5.79 Å². The maximum Gasteiger partial charge on any atom is 0.485 e. The predicted octanol–water partition coefficient (Wildman–Crippen LogP) is -2.53. The molecule has 0 amide bonds. The molecular weight excluding hydrogens is 589 g/mol. The second-order valence-electron chi connectivity index (χ2n) is 9.41. The minimum Gasteiger partial charge on any atom is -0.387 e. The molecule has 11 fully saturated rings. The number of terminal acetylenes is 1. The second kappa shape index (κ2) is 6.16. The average molecular weight is 602 g/mol. The monoisotopic (exact) mass is 602 g/mol. The van der Waals surface area contributed by atoms with Crippen LogP contribution in [0.1, 0.15) is 0 Å². The van der Waals surface area contributed by atoms with Gasteiger partial charge in [-0.3, -0.25) is 9.64 Å². The zero-order valence-corrected chi connectivity index (χ0v) is 20.6. The van der Waals surface area contributed by atoms with E-state index in [1.807, 2.05) is 0 Å². The van der Waals surface area contributed by atoms with Gasteiger partial charge in [0.15, 0.2) is 6.35 Å². The van der Waals surface area contributed by atoms with Crippen LogP contribution in [0.3, 0.4) is 0 Å². The van der Waals surface area contributed by atoms with Crippen LogP contribution < -0.4 is 5.32 Å². The van der Waals surface area contributed by atoms with Gasteiger partial charge in [0.1, 0.15) is 30.6 Å². The Labute approximate surface area is 208 Å². The molecule has 4 unspecified atom stereocenters. The number of rotatable bonds is 2. The van der Waals surface area contributed by atoms with Crippen LogP contribution in [0.5, 0.6) is 0 Å². The minimum absolute atomic E-state index is 0.163. The fourth-order valence-corrected chi connectivity index (χ4v) is 11.2. The summed E-state index contributed by atoms with van der Waals surface area (Å²) in [6.07, 6.45) is -4.08. The molecule has 0 aromatic rings. The lowest BCUT2D eigenvalue weighted by atomic mass is 9.86. The Balaban J connectivity index is 1.17. The van der Waals surface area contributed by atoms with Crippen LogP contribution >= 0.6 is 23.5 Å². The molecule has 8 atom stereocenters. The lowest BCUT2D eigenvalue weighted by Gasteiger charge is -2.56. The van der Waals surface area contributed by atoms with E-state index in [-0.39, 0.29) is 5.57 Å². The van der Waals surface area contributed by atoms with Crippen molar-refractivity contribution in [3.63, 3.8) is 0 Å². The molecule has 0 aliphatic carbocycles. The van der Waals surface area contributed by atoms with Crippen LogP contribution in [-0.4, -0.2) is 91.4 Å². The van der Waals surface area contributed by atoms with Crippen LogP contribution in [0.25, 0.3) is 0 Å². The van der Waals surface area contributed by atoms with Gasteiger partial charge in [0.2, 0.25) is 0 Å². The van der Waals surface area contributed by atoms with Crippen LogP contribution in [0, 0.1) is 12.5 Å². The summed E-state index contributed by atoms with van der Waals surface area (Å²) in [5, 5.41) is 44.6. The molecule has 12 rings (SSSR count). The first kappa shape index (κ1) is 23.8. The van der Waals surface area contributed by atoms with E-state index < -0.39 is 89.6 Å². The van der Waals surface area contributed by atoms with Crippen molar-refractivity contribution in [3.8, 4) is 12.5 Å². The van der Waals surface area contributed by atoms with E-state index in [0.29, 0.717) is 0 Å². The first-order valence-electron chi connectivity index (χ1n) is 10.7. The Bertz CT molecular complexity index is 1430. The fraction of sp³-hybridized carbons (Fsp3) is 0.733. The number of aliphatic hydroxyl groups is 4. The maximum atomic E-state index is 13.2. The van der Waals surface area contributed by atoms with Gasteiger partial charge in [-0.05, 0) is 0 Å². The molecule has 12 heterocycles. The lowest BCUT2D eigenvalue weighted by Crippen LogP contribution is -2.80. The SMILES string of the molecule is C#CN1C=C([C@@H]2O[C@@H](C34OP(=O)(OC56OC37OP3(=O)OC7(O3)C53OP(=O)(O6)O3)O4)[C@@H](O)[C@H]2O)C(O)NC1O. The molecule has 0 saturated carbocycles. The average Bonchev–Trinajstić information content (AvgIpc) is 3.43. The molecule has 0 aromatic carbocycles. The number of nitrogens with one attached hydrogen (secondary N) is 1. The van der Waals surface area contributed by atoms with E-state index in [0.717, 1.165) is 11.1 Å². The standard InChI is InChI=1S/C15H13N2O18P3/c1-2-17-3-4(9(20)16-10(17)21)7-5(18)6(19)8(25-7)11-12-13(30-37(23,29-12)31-13)14-15(26-12,34-36(22,27-11)28-11)35-38(24,32-14)33-14/h1,3,5-10,16,18-21H/t5-,6+,7+,8-,9?,10?,11?,12?,13?,14?,15?,36?,37?,38?/m1/s1. The van der Waals surface area contributed by atoms with E-state index in [9.17, 15) is 34.1 Å². The third-order valence-corrected chi connectivity index (χ3v) is 11.8. The third kappa shape index (κ3) is 2.12. The molecule has 38 heavy (non-hydrogen) atoms. The molecule has 0 radical (unpaired) electrons. The number of nitrogens with zero attached hydrogens (tertiary/aromatic N) is 1. The van der Waals surface area contributed by atoms with Crippen LogP contribution in [0.4, 0.5) is 0 Å². The van der Waals surface area contributed by atoms with Crippen molar-refractivity contribution in [1.82, 2.24) is 10.2 Å². The van der Waals surface area contributed by atoms with E-state index in [4.69, 9.17) is 56.6 Å². The van der Waals surface area contributed by atoms with Crippen molar-refractivity contribution in [2.45, 2.75) is 66.1 Å². The fourth-order valence-electron chi connectivity index (χ4n) is 6.01. The van der Waals surface area contributed by atoms with Gasteiger partial charge in [0.05, 0.1) is 0 Å². The van der Waals surface area contributed by atoms with Crippen molar-refractivity contribution in [2.24, 2.45) is 0 Å². The highest BCUT2D eigenvalue weighted by Crippen LogP contribution is 2.99. The molecular formula is C15H13N2O18P3. The van der Waals surface area contributed by atoms with Crippen LogP contribution in [0.15, 0.2) is 11.8 Å². The Hall–Kier alpha value is -0.850. The Morgan fingerprint density at radius 3 is 2.08 bits per heavy atom. The van der Waals surface area contributed by atoms with Crippen molar-refractivity contribution < 1.29 is 84.3 Å². The smallest absolute Gasteiger partial charge is 0.387 e. The zero-order valence-electron chi connectivity index (χ0n) is 17.9. The van der Waals surface area contributed by atoms with Gasteiger partial charge < -0.3 is 25.2 Å². The summed E-state index contributed by atoms with van der Waals surface area (Å²) in [7, 11) is -13.5. The topological polar surface area (TPSA) is 249 Å². The van der Waals surface area contributed by atoms with Crippen LogP contribution in [-0.2, 0) is 63.9 Å². The summed E-state index contributed by atoms with van der Waals surface area (Å²) in [4.78, 5) is 0.890. The number of hydrogen-bond donors (Lipinski definition) is 5. The van der Waals surface area contributed by atoms with Crippen molar-refractivity contribution in [3.05, 3.63) is 11.8 Å². The van der Waals surface area contributed by atoms with Crippen molar-refractivity contribution in [2.75, 3.05) is 0 Å². The summed E-state index contributed by atoms with van der Waals surface area (Å²) < 4.78 is 98.4. The summed E-state index contributed by atoms with van der Waals surface area (Å²) in [5.74, 6) is -13.5. The summed E-state index contributed by atoms with van der Waals surface area (Å²) in [6, 6.07) is 2.12. The Kier molecular flexibility index (Phi) is 3.86. The Morgan fingerprint density at radius 2 is 1.42 bits per heavy atom. The quantitative estimate of drug-likeness (QED) is 0.161. The highest BCUT2D eigenvalue weighted by atomic mass is 31.2. The molecule has 5 N–H and O–H groups in total. The summed E-state index contributed by atoms with van der Waals surface area (Å²) >= 11 is 0. The first-order valence-corrected chi connectivity index (χ1v) is 15.1. The third-order valence-electron chi connectivity index (χ3n) is 7.46. The highest BCUT2D eigenvalue weighted by molar-refractivity contribution is 7.52. The number of ether oxygens (including phenoxy) is 2. The zero-order chi connectivity index (χ0) is 26.5. The molecule has 8 bridgehead atoms. The van der Waals surface area contributed by atoms with Gasteiger partial charge >= 0.3 is 46.8 Å². The van der Waals surface area contributed by atoms with E-state index in [1.165, 1.54) is 0 Å². The van der Waals surface area contributed by atoms with Crippen molar-refractivity contribution >= 4 is 23.5 Å². The lowest BCUT2D eigenvalue weighted by molar-refractivity contribution is -0.445. The van der Waals surface area contributed by atoms with Gasteiger partial charge in [0, 0.05) is 17.8 Å². The van der Waals surface area contributed by atoms with Crippen molar-refractivity contribution in [1.29, 1.82) is 0 Å². The number of phosphoric ester groups is 3. The number of hydrogen-bond acceptors (Lipinski definition) is 20. The molecule has 4 spiro atoms. The van der Waals surface area contributed by atoms with Gasteiger partial charge in [-0.2, -0.15) is 0 Å². The van der Waals surface area contributed by atoms with E-state index in [2.05, 4.69) is 11.4 Å². The molecule has 12 aliphatic rings. The molecule has 20 nitrogen and oxygen atoms in total. The van der Waals surface area contributed by atoms with Gasteiger partial charge in [-0.15, -0.1) is 0 Å². The normalized spacial score (nSPS) is 68.0. The van der Waals surface area contributed by atoms with Gasteiger partial charge in [-0.1, -0.05) is 6.42 Å². The highest BCUT2D eigenvalue weighted by Gasteiger charge is 3.14. The Morgan fingerprint density at radius 1 is 0.842 bits per heavy atom. The molecule has 12 aliphatic heterocycles. The van der Waals surface area contributed by atoms with Gasteiger partial charge in [-0.25, -0.2) is 59.7 Å². The minimum atomic E-state index is -4.72. The maximum absolute atomic E-state index is 13.2. The molecule has 206 valence electrons. The van der Waals surface area contributed by atoms with E-state index in [1.54, 1.807) is 0 Å². The largest absolute Gasteiger partial charge is 0.485 e. The summed E-state index contributed by atoms with van der Waals surface area (Å²) in [6.45, 7) is 0. The molecule has 23 heteroatoms. The summed E-state index contributed by atoms with van der Waals surface area (Å²) in [5.41, 5.74) is -0.163. The van der Waals surface area contributed by atoms with E-state index >= 15 is 0 Å². The first-order chi connectivity index (χ1) is 17.7. The number of phosphoric acid groups is 3. The second-order valence-corrected chi connectivity index (χ2v) is 13.7. The molecule has 0 aromatic heterocycles. The van der Waals surface area contributed by atoms with Crippen LogP contribution in [0.2, 0.25) is 0 Å². The predicted molar refractivity (Wildman–Crippen MR) is 102 cm³/mol.